The van der Waals surface area contributed by atoms with Gasteiger partial charge in [0.1, 0.15) is 5.75 Å². The van der Waals surface area contributed by atoms with E-state index in [9.17, 15) is 9.00 Å². The average Bonchev–Trinajstić information content (AvgIpc) is 2.50. The fraction of sp³-hybridized carbons (Fsp3) is 0.133. The predicted molar refractivity (Wildman–Crippen MR) is 85.1 cm³/mol. The van der Waals surface area contributed by atoms with Crippen molar-refractivity contribution >= 4 is 39.8 Å². The van der Waals surface area contributed by atoms with E-state index in [1.54, 1.807) is 43.5 Å². The van der Waals surface area contributed by atoms with E-state index in [1.165, 1.54) is 6.07 Å². The Labute approximate surface area is 135 Å². The quantitative estimate of drug-likeness (QED) is 0.771. The van der Waals surface area contributed by atoms with Gasteiger partial charge in [-0.2, -0.15) is 0 Å². The minimum absolute atomic E-state index is 0.107. The number of carbonyl (C=O) groups excluding carboxylic acids is 1. The maximum atomic E-state index is 12.2. The molecule has 2 rings (SSSR count). The molecule has 2 aromatic carbocycles. The lowest BCUT2D eigenvalue weighted by atomic mass is 10.1. The number of hydrogen-bond donors (Lipinski definition) is 0. The van der Waals surface area contributed by atoms with Crippen molar-refractivity contribution in [3.63, 3.8) is 0 Å². The van der Waals surface area contributed by atoms with Gasteiger partial charge in [0, 0.05) is 10.5 Å². The first-order valence-corrected chi connectivity index (χ1v) is 8.09. The Balaban J connectivity index is 2.10. The lowest BCUT2D eigenvalue weighted by molar-refractivity contribution is 0.102. The second kappa shape index (κ2) is 7.07. The number of hydrogen-bond acceptors (Lipinski definition) is 3. The fourth-order valence-corrected chi connectivity index (χ4v) is 2.99. The van der Waals surface area contributed by atoms with Crippen LogP contribution in [0.5, 0.6) is 5.75 Å². The van der Waals surface area contributed by atoms with Gasteiger partial charge in [-0.1, -0.05) is 23.2 Å². The molecule has 0 aliphatic carbocycles. The van der Waals surface area contributed by atoms with Crippen molar-refractivity contribution in [1.29, 1.82) is 0 Å². The molecule has 0 saturated heterocycles. The first-order valence-electron chi connectivity index (χ1n) is 6.02. The van der Waals surface area contributed by atoms with Crippen molar-refractivity contribution in [1.82, 2.24) is 0 Å². The maximum absolute atomic E-state index is 12.2. The van der Waals surface area contributed by atoms with Crippen LogP contribution in [0.3, 0.4) is 0 Å². The zero-order valence-corrected chi connectivity index (χ0v) is 13.5. The van der Waals surface area contributed by atoms with Crippen LogP contribution in [0, 0.1) is 0 Å². The predicted octanol–water partition coefficient (Wildman–Crippen LogP) is 3.99. The van der Waals surface area contributed by atoms with E-state index in [2.05, 4.69) is 0 Å². The Morgan fingerprint density at radius 2 is 1.76 bits per heavy atom. The van der Waals surface area contributed by atoms with Crippen LogP contribution >= 0.6 is 23.2 Å². The molecule has 0 N–H and O–H groups in total. The molecule has 0 bridgehead atoms. The van der Waals surface area contributed by atoms with Gasteiger partial charge < -0.3 is 4.74 Å². The van der Waals surface area contributed by atoms with E-state index >= 15 is 0 Å². The van der Waals surface area contributed by atoms with E-state index in [0.29, 0.717) is 26.3 Å². The van der Waals surface area contributed by atoms with Crippen LogP contribution in [0.25, 0.3) is 0 Å². The van der Waals surface area contributed by atoms with E-state index < -0.39 is 10.8 Å². The SMILES string of the molecule is COc1ccc(S(=O)CC(=O)c2ccc(Cl)c(Cl)c2)cc1. The molecule has 0 spiro atoms. The van der Waals surface area contributed by atoms with Gasteiger partial charge in [-0.25, -0.2) is 0 Å². The number of rotatable bonds is 5. The molecule has 0 fully saturated rings. The molecular weight excluding hydrogens is 331 g/mol. The standard InChI is InChI=1S/C15H12Cl2O3S/c1-20-11-3-5-12(6-4-11)21(19)9-15(18)10-2-7-13(16)14(17)8-10/h2-8H,9H2,1H3. The van der Waals surface area contributed by atoms with Gasteiger partial charge in [0.25, 0.3) is 0 Å². The number of ketones is 1. The van der Waals surface area contributed by atoms with Crippen molar-refractivity contribution in [2.75, 3.05) is 12.9 Å². The van der Waals surface area contributed by atoms with Crippen LogP contribution in [0.1, 0.15) is 10.4 Å². The summed E-state index contributed by atoms with van der Waals surface area (Å²) in [6, 6.07) is 11.4. The summed E-state index contributed by atoms with van der Waals surface area (Å²) in [5.41, 5.74) is 0.395. The summed E-state index contributed by atoms with van der Waals surface area (Å²) in [6.45, 7) is 0. The molecule has 0 saturated carbocycles. The number of carbonyl (C=O) groups is 1. The zero-order valence-electron chi connectivity index (χ0n) is 11.1. The largest absolute Gasteiger partial charge is 0.497 e. The van der Waals surface area contributed by atoms with Crippen LogP contribution in [0.4, 0.5) is 0 Å². The van der Waals surface area contributed by atoms with Crippen molar-refractivity contribution in [2.24, 2.45) is 0 Å². The fourth-order valence-electron chi connectivity index (χ4n) is 1.68. The van der Waals surface area contributed by atoms with E-state index in [4.69, 9.17) is 27.9 Å². The van der Waals surface area contributed by atoms with Gasteiger partial charge in [0.05, 0.1) is 33.7 Å². The highest BCUT2D eigenvalue weighted by Crippen LogP contribution is 2.23. The molecule has 0 aromatic heterocycles. The highest BCUT2D eigenvalue weighted by Gasteiger charge is 2.13. The molecule has 0 amide bonds. The Morgan fingerprint density at radius 3 is 2.33 bits per heavy atom. The molecule has 0 aliphatic rings. The monoisotopic (exact) mass is 342 g/mol. The molecule has 21 heavy (non-hydrogen) atoms. The smallest absolute Gasteiger partial charge is 0.175 e. The van der Waals surface area contributed by atoms with Gasteiger partial charge in [-0.05, 0) is 42.5 Å². The number of ether oxygens (including phenoxy) is 1. The van der Waals surface area contributed by atoms with Crippen molar-refractivity contribution in [3.8, 4) is 5.75 Å². The maximum Gasteiger partial charge on any atom is 0.175 e. The molecule has 110 valence electrons. The van der Waals surface area contributed by atoms with Gasteiger partial charge in [-0.15, -0.1) is 0 Å². The Morgan fingerprint density at radius 1 is 1.10 bits per heavy atom. The second-order valence-electron chi connectivity index (χ2n) is 4.22. The summed E-state index contributed by atoms with van der Waals surface area (Å²) in [7, 11) is 0.138. The van der Waals surface area contributed by atoms with Gasteiger partial charge in [0.2, 0.25) is 0 Å². The van der Waals surface area contributed by atoms with E-state index in [0.717, 1.165) is 0 Å². The minimum atomic E-state index is -1.42. The summed E-state index contributed by atoms with van der Waals surface area (Å²) >= 11 is 11.7. The van der Waals surface area contributed by atoms with Crippen molar-refractivity contribution in [2.45, 2.75) is 4.90 Å². The highest BCUT2D eigenvalue weighted by atomic mass is 35.5. The number of Topliss-reactive ketones (excluding diaryl/α,β-unsaturated/α-hetero) is 1. The molecule has 6 heteroatoms. The number of methoxy groups -OCH3 is 1. The summed E-state index contributed by atoms with van der Waals surface area (Å²) in [4.78, 5) is 12.7. The second-order valence-corrected chi connectivity index (χ2v) is 6.48. The van der Waals surface area contributed by atoms with Gasteiger partial charge in [0.15, 0.2) is 5.78 Å². The summed E-state index contributed by atoms with van der Waals surface area (Å²) < 4.78 is 17.2. The Hall–Kier alpha value is -1.36. The van der Waals surface area contributed by atoms with Gasteiger partial charge in [-0.3, -0.25) is 9.00 Å². The molecular formula is C15H12Cl2O3S. The topological polar surface area (TPSA) is 43.4 Å². The zero-order chi connectivity index (χ0) is 15.4. The number of halogens is 2. The first kappa shape index (κ1) is 16.0. The van der Waals surface area contributed by atoms with Crippen LogP contribution in [0.15, 0.2) is 47.4 Å². The summed E-state index contributed by atoms with van der Waals surface area (Å²) in [6.07, 6.45) is 0. The molecule has 1 atom stereocenters. The minimum Gasteiger partial charge on any atom is -0.497 e. The molecule has 0 aliphatic heterocycles. The summed E-state index contributed by atoms with van der Waals surface area (Å²) in [5.74, 6) is 0.318. The highest BCUT2D eigenvalue weighted by molar-refractivity contribution is 7.85. The van der Waals surface area contributed by atoms with E-state index in [-0.39, 0.29) is 11.5 Å². The third kappa shape index (κ3) is 4.06. The molecule has 0 radical (unpaired) electrons. The molecule has 1 unspecified atom stereocenters. The van der Waals surface area contributed by atoms with Crippen LogP contribution in [-0.2, 0) is 10.8 Å². The normalized spacial score (nSPS) is 12.0. The Bertz CT molecular complexity index is 684. The molecule has 2 aromatic rings. The van der Waals surface area contributed by atoms with E-state index in [1.807, 2.05) is 0 Å². The van der Waals surface area contributed by atoms with Crippen molar-refractivity contribution in [3.05, 3.63) is 58.1 Å². The molecule has 3 nitrogen and oxygen atoms in total. The third-order valence-electron chi connectivity index (χ3n) is 2.83. The van der Waals surface area contributed by atoms with Crippen molar-refractivity contribution < 1.29 is 13.7 Å². The van der Waals surface area contributed by atoms with Crippen LogP contribution < -0.4 is 4.74 Å². The third-order valence-corrected chi connectivity index (χ3v) is 4.89. The number of benzene rings is 2. The average molecular weight is 343 g/mol. The van der Waals surface area contributed by atoms with Gasteiger partial charge >= 0.3 is 0 Å². The van der Waals surface area contributed by atoms with Crippen LogP contribution in [0.2, 0.25) is 10.0 Å². The summed E-state index contributed by atoms with van der Waals surface area (Å²) in [5, 5.41) is 0.683. The molecule has 0 heterocycles. The van der Waals surface area contributed by atoms with Crippen LogP contribution in [-0.4, -0.2) is 22.9 Å². The first-order chi connectivity index (χ1) is 10.0. The lowest BCUT2D eigenvalue weighted by Gasteiger charge is -2.05. The lowest BCUT2D eigenvalue weighted by Crippen LogP contribution is -2.11. The Kier molecular flexibility index (Phi) is 5.39.